The van der Waals surface area contributed by atoms with Gasteiger partial charge in [-0.25, -0.2) is 4.99 Å². The molecule has 0 radical (unpaired) electrons. The molecule has 0 aromatic heterocycles. The SMILES string of the molecule is CC(C)(C)CC1=CN=CNC=C1. The number of rotatable bonds is 1. The van der Waals surface area contributed by atoms with Crippen LogP contribution in [0.1, 0.15) is 27.2 Å². The van der Waals surface area contributed by atoms with Crippen molar-refractivity contribution in [2.45, 2.75) is 27.2 Å². The summed E-state index contributed by atoms with van der Waals surface area (Å²) < 4.78 is 0. The van der Waals surface area contributed by atoms with Gasteiger partial charge in [0.15, 0.2) is 0 Å². The Morgan fingerprint density at radius 1 is 1.42 bits per heavy atom. The molecule has 2 heteroatoms. The summed E-state index contributed by atoms with van der Waals surface area (Å²) in [4.78, 5) is 4.08. The Morgan fingerprint density at radius 2 is 2.17 bits per heavy atom. The zero-order chi connectivity index (χ0) is 9.03. The number of nitrogens with one attached hydrogen (secondary N) is 1. The van der Waals surface area contributed by atoms with Gasteiger partial charge in [-0.2, -0.15) is 0 Å². The van der Waals surface area contributed by atoms with Gasteiger partial charge in [-0.1, -0.05) is 20.8 Å². The first kappa shape index (κ1) is 9.04. The molecule has 1 aliphatic heterocycles. The van der Waals surface area contributed by atoms with Crippen LogP contribution in [0.5, 0.6) is 0 Å². The second kappa shape index (κ2) is 3.57. The number of hydrogen-bond acceptors (Lipinski definition) is 2. The normalized spacial score (nSPS) is 16.8. The van der Waals surface area contributed by atoms with E-state index in [1.165, 1.54) is 5.57 Å². The molecule has 1 heterocycles. The summed E-state index contributed by atoms with van der Waals surface area (Å²) in [5.41, 5.74) is 1.60. The van der Waals surface area contributed by atoms with Crippen LogP contribution in [0.4, 0.5) is 0 Å². The van der Waals surface area contributed by atoms with Gasteiger partial charge in [-0.05, 0) is 23.5 Å². The highest BCUT2D eigenvalue weighted by atomic mass is 14.9. The molecule has 1 rings (SSSR count). The van der Waals surface area contributed by atoms with Gasteiger partial charge < -0.3 is 5.32 Å². The third-order valence-electron chi connectivity index (χ3n) is 1.52. The van der Waals surface area contributed by atoms with Gasteiger partial charge in [-0.15, -0.1) is 0 Å². The summed E-state index contributed by atoms with van der Waals surface area (Å²) in [6.45, 7) is 6.68. The highest BCUT2D eigenvalue weighted by molar-refractivity contribution is 5.58. The van der Waals surface area contributed by atoms with Crippen molar-refractivity contribution in [3.8, 4) is 0 Å². The first-order valence-electron chi connectivity index (χ1n) is 4.21. The minimum absolute atomic E-state index is 0.329. The van der Waals surface area contributed by atoms with E-state index in [0.29, 0.717) is 5.41 Å². The van der Waals surface area contributed by atoms with Gasteiger partial charge in [-0.3, -0.25) is 0 Å². The molecule has 0 aromatic carbocycles. The largest absolute Gasteiger partial charge is 0.353 e. The minimum atomic E-state index is 0.329. The highest BCUT2D eigenvalue weighted by Gasteiger charge is 2.11. The fourth-order valence-electron chi connectivity index (χ4n) is 1.13. The number of allylic oxidation sites excluding steroid dienone is 2. The molecule has 12 heavy (non-hydrogen) atoms. The smallest absolute Gasteiger partial charge is 0.0918 e. The molecular formula is C10H16N2. The topological polar surface area (TPSA) is 24.4 Å². The maximum Gasteiger partial charge on any atom is 0.0918 e. The molecule has 0 fully saturated rings. The molecule has 1 N–H and O–H groups in total. The Bertz CT molecular complexity index is 229. The maximum atomic E-state index is 4.08. The van der Waals surface area contributed by atoms with E-state index in [1.54, 1.807) is 6.34 Å². The standard InChI is InChI=1S/C10H16N2/c1-10(2,3)6-9-4-5-11-8-12-7-9/h4-5,7-8H,6H2,1-3H3,(H,11,12). The molecule has 0 unspecified atom stereocenters. The number of aliphatic imine (C=N–C) groups is 1. The lowest BCUT2D eigenvalue weighted by Crippen LogP contribution is -2.05. The molecule has 0 aromatic rings. The summed E-state index contributed by atoms with van der Waals surface area (Å²) >= 11 is 0. The average Bonchev–Trinajstić information content (AvgIpc) is 2.12. The van der Waals surface area contributed by atoms with Gasteiger partial charge in [0.2, 0.25) is 0 Å². The molecule has 0 spiro atoms. The van der Waals surface area contributed by atoms with E-state index in [1.807, 2.05) is 12.4 Å². The zero-order valence-corrected chi connectivity index (χ0v) is 7.96. The molecule has 0 bridgehead atoms. The van der Waals surface area contributed by atoms with E-state index < -0.39 is 0 Å². The van der Waals surface area contributed by atoms with Crippen molar-refractivity contribution in [1.82, 2.24) is 5.32 Å². The van der Waals surface area contributed by atoms with Crippen LogP contribution < -0.4 is 5.32 Å². The minimum Gasteiger partial charge on any atom is -0.353 e. The van der Waals surface area contributed by atoms with E-state index in [9.17, 15) is 0 Å². The zero-order valence-electron chi connectivity index (χ0n) is 7.96. The Labute approximate surface area is 74.1 Å². The Kier molecular flexibility index (Phi) is 2.69. The predicted octanol–water partition coefficient (Wildman–Crippen LogP) is 2.45. The molecule has 1 aliphatic rings. The Morgan fingerprint density at radius 3 is 2.83 bits per heavy atom. The van der Waals surface area contributed by atoms with E-state index in [2.05, 4.69) is 37.2 Å². The Hall–Kier alpha value is -1.05. The molecule has 2 nitrogen and oxygen atoms in total. The van der Waals surface area contributed by atoms with Crippen LogP contribution in [0, 0.1) is 5.41 Å². The van der Waals surface area contributed by atoms with Gasteiger partial charge in [0, 0.05) is 12.4 Å². The number of nitrogens with zero attached hydrogens (tertiary/aromatic N) is 1. The third kappa shape index (κ3) is 3.37. The van der Waals surface area contributed by atoms with E-state index >= 15 is 0 Å². The third-order valence-corrected chi connectivity index (χ3v) is 1.52. The van der Waals surface area contributed by atoms with Crippen LogP contribution in [0.25, 0.3) is 0 Å². The molecule has 0 saturated heterocycles. The maximum absolute atomic E-state index is 4.08. The summed E-state index contributed by atoms with van der Waals surface area (Å²) in [6, 6.07) is 0. The predicted molar refractivity (Wildman–Crippen MR) is 52.9 cm³/mol. The lowest BCUT2D eigenvalue weighted by Gasteiger charge is -2.17. The summed E-state index contributed by atoms with van der Waals surface area (Å²) in [6.07, 6.45) is 8.63. The van der Waals surface area contributed by atoms with Crippen LogP contribution in [-0.4, -0.2) is 6.34 Å². The fourth-order valence-corrected chi connectivity index (χ4v) is 1.13. The summed E-state index contributed by atoms with van der Waals surface area (Å²) in [5, 5.41) is 2.94. The Balaban J connectivity index is 2.62. The van der Waals surface area contributed by atoms with Gasteiger partial charge in [0.25, 0.3) is 0 Å². The monoisotopic (exact) mass is 164 g/mol. The molecule has 66 valence electrons. The van der Waals surface area contributed by atoms with Crippen molar-refractivity contribution in [2.75, 3.05) is 0 Å². The molecule has 0 saturated carbocycles. The molecule has 0 aliphatic carbocycles. The van der Waals surface area contributed by atoms with Crippen LogP contribution in [0.15, 0.2) is 29.0 Å². The molecule has 0 atom stereocenters. The van der Waals surface area contributed by atoms with E-state index in [4.69, 9.17) is 0 Å². The van der Waals surface area contributed by atoms with Crippen LogP contribution in [0.3, 0.4) is 0 Å². The van der Waals surface area contributed by atoms with Crippen molar-refractivity contribution in [3.63, 3.8) is 0 Å². The quantitative estimate of drug-likeness (QED) is 0.632. The van der Waals surface area contributed by atoms with Crippen molar-refractivity contribution in [3.05, 3.63) is 24.0 Å². The van der Waals surface area contributed by atoms with E-state index in [0.717, 1.165) is 6.42 Å². The first-order valence-corrected chi connectivity index (χ1v) is 4.21. The second-order valence-electron chi connectivity index (χ2n) is 4.22. The summed E-state index contributed by atoms with van der Waals surface area (Å²) in [7, 11) is 0. The second-order valence-corrected chi connectivity index (χ2v) is 4.22. The molecule has 0 amide bonds. The van der Waals surface area contributed by atoms with Crippen LogP contribution in [-0.2, 0) is 0 Å². The lowest BCUT2D eigenvalue weighted by atomic mass is 9.88. The first-order chi connectivity index (χ1) is 5.58. The fraction of sp³-hybridized carbons (Fsp3) is 0.500. The van der Waals surface area contributed by atoms with Crippen LogP contribution in [0.2, 0.25) is 0 Å². The average molecular weight is 164 g/mol. The summed E-state index contributed by atoms with van der Waals surface area (Å²) in [5.74, 6) is 0. The van der Waals surface area contributed by atoms with Crippen molar-refractivity contribution in [1.29, 1.82) is 0 Å². The number of hydrogen-bond donors (Lipinski definition) is 1. The molecular weight excluding hydrogens is 148 g/mol. The van der Waals surface area contributed by atoms with Gasteiger partial charge >= 0.3 is 0 Å². The van der Waals surface area contributed by atoms with E-state index in [-0.39, 0.29) is 0 Å². The van der Waals surface area contributed by atoms with Crippen LogP contribution >= 0.6 is 0 Å². The lowest BCUT2D eigenvalue weighted by molar-refractivity contribution is 0.413. The van der Waals surface area contributed by atoms with Crippen molar-refractivity contribution < 1.29 is 0 Å². The van der Waals surface area contributed by atoms with Crippen molar-refractivity contribution in [2.24, 2.45) is 10.4 Å². The van der Waals surface area contributed by atoms with Gasteiger partial charge in [0.1, 0.15) is 0 Å². The highest BCUT2D eigenvalue weighted by Crippen LogP contribution is 2.24. The van der Waals surface area contributed by atoms with Crippen molar-refractivity contribution >= 4 is 6.34 Å². The van der Waals surface area contributed by atoms with Gasteiger partial charge in [0.05, 0.1) is 6.34 Å².